The molecule has 17 nitrogen and oxygen atoms in total. The molecular weight excluding hydrogens is 747 g/mol. The third-order valence-electron chi connectivity index (χ3n) is 6.16. The van der Waals surface area contributed by atoms with Gasteiger partial charge in [0.25, 0.3) is 10.1 Å². The number of hydrogen-bond donors (Lipinski definition) is 3. The average molecular weight is 762 g/mol. The van der Waals surface area contributed by atoms with Crippen LogP contribution in [0.5, 0.6) is 5.75 Å². The number of halogens is 1. The molecule has 4 N–H and O–H groups in total. The number of nitrogen functional groups attached to an aromatic ring is 1. The van der Waals surface area contributed by atoms with Gasteiger partial charge in [-0.2, -0.15) is 18.4 Å². The molecule has 0 aliphatic carbocycles. The Labute approximate surface area is 343 Å². The van der Waals surface area contributed by atoms with Crippen LogP contribution in [0, 0.1) is 0 Å². The number of nitrogens with two attached hydrogens (primary N) is 1. The molecular formula is C24H15ClN7Na3O10S3. The summed E-state index contributed by atoms with van der Waals surface area (Å²) in [4.78, 5) is 8.56. The summed E-state index contributed by atoms with van der Waals surface area (Å²) in [5.41, 5.74) is 4.25. The zero-order valence-electron chi connectivity index (χ0n) is 24.9. The van der Waals surface area contributed by atoms with Crippen LogP contribution >= 0.6 is 11.6 Å². The number of nitrogens with one attached hydrogen (secondary N) is 1. The zero-order valence-corrected chi connectivity index (χ0v) is 34.1. The van der Waals surface area contributed by atoms with Crippen molar-refractivity contribution in [1.82, 2.24) is 15.0 Å². The third-order valence-corrected chi connectivity index (χ3v) is 9.02. The van der Waals surface area contributed by atoms with Gasteiger partial charge in [-0.1, -0.05) is 30.0 Å². The summed E-state index contributed by atoms with van der Waals surface area (Å²) in [5.74, 6) is -1.02. The summed E-state index contributed by atoms with van der Waals surface area (Å²) < 4.78 is 106. The topological polar surface area (TPSA) is 293 Å². The van der Waals surface area contributed by atoms with Crippen LogP contribution in [0.1, 0.15) is 5.82 Å². The van der Waals surface area contributed by atoms with Crippen molar-refractivity contribution in [2.75, 3.05) is 11.1 Å². The van der Waals surface area contributed by atoms with Crippen LogP contribution in [0.4, 0.5) is 23.0 Å². The molecule has 1 heterocycles. The van der Waals surface area contributed by atoms with E-state index in [4.69, 9.17) is 17.3 Å². The van der Waals surface area contributed by atoms with Crippen molar-refractivity contribution < 1.29 is 133 Å². The Morgan fingerprint density at radius 1 is 0.812 bits per heavy atom. The van der Waals surface area contributed by atoms with Crippen molar-refractivity contribution in [2.45, 2.75) is 21.2 Å². The zero-order chi connectivity index (χ0) is 32.9. The number of fused-ring (bicyclic) bond motifs is 2. The first kappa shape index (κ1) is 42.6. The van der Waals surface area contributed by atoms with E-state index in [1.54, 1.807) is 0 Å². The van der Waals surface area contributed by atoms with Crippen LogP contribution in [0.25, 0.3) is 21.5 Å². The van der Waals surface area contributed by atoms with E-state index in [1.807, 2.05) is 0 Å². The minimum atomic E-state index is -5.37. The predicted octanol–water partition coefficient (Wildman–Crippen LogP) is -6.42. The van der Waals surface area contributed by atoms with Crippen LogP contribution < -0.4 is 105 Å². The minimum absolute atomic E-state index is 0. The smallest absolute Gasteiger partial charge is 0.871 e. The molecule has 0 amide bonds. The fraction of sp³-hybridized carbons (Fsp3) is 0.0417. The van der Waals surface area contributed by atoms with Gasteiger partial charge in [0.1, 0.15) is 30.8 Å². The summed E-state index contributed by atoms with van der Waals surface area (Å²) in [6.45, 7) is -0.00865. The van der Waals surface area contributed by atoms with Gasteiger partial charge < -0.3 is 25.3 Å². The fourth-order valence-electron chi connectivity index (χ4n) is 4.36. The molecule has 0 unspecified atom stereocenters. The van der Waals surface area contributed by atoms with Crippen molar-refractivity contribution in [2.24, 2.45) is 10.2 Å². The molecule has 0 aliphatic rings. The molecule has 0 bridgehead atoms. The third kappa shape index (κ3) is 9.40. The number of anilines is 2. The molecule has 0 saturated heterocycles. The molecule has 24 heteroatoms. The Hall–Kier alpha value is -1.57. The van der Waals surface area contributed by atoms with Crippen LogP contribution in [0.3, 0.4) is 0 Å². The Bertz CT molecular complexity index is 2400. The summed E-state index contributed by atoms with van der Waals surface area (Å²) in [7, 11) is -15.6. The summed E-state index contributed by atoms with van der Waals surface area (Å²) in [5, 5.41) is 22.4. The molecule has 4 aromatic carbocycles. The number of aromatic nitrogens is 3. The van der Waals surface area contributed by atoms with E-state index in [1.165, 1.54) is 18.2 Å². The van der Waals surface area contributed by atoms with E-state index in [0.29, 0.717) is 5.69 Å². The molecule has 5 aromatic rings. The normalized spacial score (nSPS) is 11.9. The molecule has 234 valence electrons. The van der Waals surface area contributed by atoms with Gasteiger partial charge in [-0.25, -0.2) is 21.8 Å². The maximum atomic E-state index is 13.3. The van der Waals surface area contributed by atoms with Gasteiger partial charge in [-0.05, 0) is 52.7 Å². The SMILES string of the molecule is Nc1nc(Cl)nc(CNc2ccc3c([O-])c(N=Nc4ccc5c(S(=O)(=O)[O-])cccc5c4S(=O)(=O)O)c(S(=O)(=O)[O-])cc3c2)n1.[Na+].[Na+].[Na+]. The van der Waals surface area contributed by atoms with Crippen molar-refractivity contribution in [3.8, 4) is 5.75 Å². The number of rotatable bonds is 8. The minimum Gasteiger partial charge on any atom is -0.871 e. The Balaban J connectivity index is 0.00000267. The number of benzene rings is 4. The van der Waals surface area contributed by atoms with E-state index in [0.717, 1.165) is 36.4 Å². The van der Waals surface area contributed by atoms with E-state index in [-0.39, 0.29) is 128 Å². The molecule has 0 spiro atoms. The number of hydrogen-bond acceptors (Lipinski definition) is 16. The molecule has 1 aromatic heterocycles. The molecule has 0 atom stereocenters. The largest absolute Gasteiger partial charge is 1.00 e. The van der Waals surface area contributed by atoms with Crippen molar-refractivity contribution in [1.29, 1.82) is 0 Å². The first-order valence-corrected chi connectivity index (χ1v) is 16.6. The summed E-state index contributed by atoms with van der Waals surface area (Å²) >= 11 is 5.76. The van der Waals surface area contributed by atoms with Crippen molar-refractivity contribution in [3.63, 3.8) is 0 Å². The monoisotopic (exact) mass is 761 g/mol. The van der Waals surface area contributed by atoms with Gasteiger partial charge in [-0.3, -0.25) is 4.55 Å². The number of azo groups is 1. The first-order valence-electron chi connectivity index (χ1n) is 12.0. The quantitative estimate of drug-likeness (QED) is 0.0753. The van der Waals surface area contributed by atoms with Gasteiger partial charge in [0.05, 0.1) is 22.0 Å². The molecule has 48 heavy (non-hydrogen) atoms. The van der Waals surface area contributed by atoms with Gasteiger partial charge in [-0.15, -0.1) is 10.2 Å². The van der Waals surface area contributed by atoms with Gasteiger partial charge in [0.15, 0.2) is 5.82 Å². The molecule has 0 aliphatic heterocycles. The van der Waals surface area contributed by atoms with Crippen LogP contribution in [-0.4, -0.2) is 53.9 Å². The molecule has 0 radical (unpaired) electrons. The Morgan fingerprint density at radius 3 is 2.06 bits per heavy atom. The second-order valence-electron chi connectivity index (χ2n) is 9.07. The molecule has 5 rings (SSSR count). The fourth-order valence-corrected chi connectivity index (χ4v) is 6.71. The Morgan fingerprint density at radius 2 is 1.46 bits per heavy atom. The number of nitrogens with zero attached hydrogens (tertiary/aromatic N) is 5. The second-order valence-corrected chi connectivity index (χ2v) is 13.5. The van der Waals surface area contributed by atoms with Gasteiger partial charge in [0, 0.05) is 16.5 Å². The standard InChI is InChI=1S/C24H18ClN7O10S3.3Na/c25-23-28-19(29-24(26)30-23)10-27-12-4-5-13-11(8-12)9-18(44(37,38)39)20(21(13)33)32-31-16-7-6-14-15(22(16)45(40,41)42)2-1-3-17(14)43(34,35)36;;;/h1-9,27,33H,10H2,(H,34,35,36)(H,37,38,39)(H,40,41,42)(H2,26,28,29,30);;;/q;3*+1/p-3. The predicted molar refractivity (Wildman–Crippen MR) is 154 cm³/mol. The van der Waals surface area contributed by atoms with E-state index < -0.39 is 67.6 Å². The van der Waals surface area contributed by atoms with E-state index >= 15 is 0 Å². The van der Waals surface area contributed by atoms with E-state index in [9.17, 15) is 44.0 Å². The first-order chi connectivity index (χ1) is 20.9. The van der Waals surface area contributed by atoms with Crippen molar-refractivity contribution >= 4 is 86.5 Å². The maximum Gasteiger partial charge on any atom is 1.00 e. The maximum absolute atomic E-state index is 13.3. The molecule has 0 fully saturated rings. The van der Waals surface area contributed by atoms with Gasteiger partial charge >= 0.3 is 88.7 Å². The summed E-state index contributed by atoms with van der Waals surface area (Å²) in [6, 6.07) is 9.84. The van der Waals surface area contributed by atoms with Gasteiger partial charge in [0.2, 0.25) is 11.2 Å². The summed E-state index contributed by atoms with van der Waals surface area (Å²) in [6.07, 6.45) is 0. The van der Waals surface area contributed by atoms with Crippen LogP contribution in [-0.2, 0) is 36.9 Å². The van der Waals surface area contributed by atoms with Crippen molar-refractivity contribution in [3.05, 3.63) is 65.7 Å². The Kier molecular flexibility index (Phi) is 14.4. The second kappa shape index (κ2) is 16.2. The van der Waals surface area contributed by atoms with E-state index in [2.05, 4.69) is 30.5 Å². The van der Waals surface area contributed by atoms with Crippen LogP contribution in [0.2, 0.25) is 5.28 Å². The van der Waals surface area contributed by atoms with Crippen LogP contribution in [0.15, 0.2) is 79.5 Å². The molecule has 0 saturated carbocycles. The average Bonchev–Trinajstić information content (AvgIpc) is 2.92.